The fourth-order valence-electron chi connectivity index (χ4n) is 2.22. The molecule has 0 saturated heterocycles. The maximum Gasteiger partial charge on any atom is 0.0677 e. The van der Waals surface area contributed by atoms with Crippen molar-refractivity contribution in [2.75, 3.05) is 0 Å². The highest BCUT2D eigenvalue weighted by molar-refractivity contribution is 5.00. The number of aliphatic hydroxyl groups is 1. The highest BCUT2D eigenvalue weighted by Gasteiger charge is 2.20. The molecule has 0 aliphatic heterocycles. The van der Waals surface area contributed by atoms with E-state index in [9.17, 15) is 5.11 Å². The molecule has 1 saturated carbocycles. The van der Waals surface area contributed by atoms with E-state index < -0.39 is 0 Å². The van der Waals surface area contributed by atoms with Crippen molar-refractivity contribution < 1.29 is 5.11 Å². The van der Waals surface area contributed by atoms with Crippen LogP contribution in [0.5, 0.6) is 0 Å². The molecule has 0 spiro atoms. The number of hydrogen-bond acceptors (Lipinski definition) is 1. The minimum absolute atomic E-state index is 0.167. The number of hydrogen-bond donors (Lipinski definition) is 1. The second-order valence-electron chi connectivity index (χ2n) is 4.63. The van der Waals surface area contributed by atoms with E-state index in [2.05, 4.69) is 18.8 Å². The smallest absolute Gasteiger partial charge is 0.0677 e. The van der Waals surface area contributed by atoms with Crippen molar-refractivity contribution in [1.82, 2.24) is 0 Å². The first-order chi connectivity index (χ1) is 7.34. The summed E-state index contributed by atoms with van der Waals surface area (Å²) in [5, 5.41) is 9.93. The topological polar surface area (TPSA) is 20.2 Å². The van der Waals surface area contributed by atoms with Gasteiger partial charge in [0.2, 0.25) is 0 Å². The maximum absolute atomic E-state index is 9.93. The second-order valence-corrected chi connectivity index (χ2v) is 4.63. The number of aliphatic hydroxyl groups excluding tert-OH is 1. The fourth-order valence-corrected chi connectivity index (χ4v) is 2.22. The molecular formula is C14H24O. The van der Waals surface area contributed by atoms with E-state index in [-0.39, 0.29) is 6.10 Å². The van der Waals surface area contributed by atoms with Gasteiger partial charge in [0.05, 0.1) is 6.10 Å². The van der Waals surface area contributed by atoms with Gasteiger partial charge in [-0.3, -0.25) is 0 Å². The molecule has 0 aromatic heterocycles. The Morgan fingerprint density at radius 2 is 1.93 bits per heavy atom. The van der Waals surface area contributed by atoms with Gasteiger partial charge in [0.1, 0.15) is 0 Å². The van der Waals surface area contributed by atoms with Crippen molar-refractivity contribution in [1.29, 1.82) is 0 Å². The molecule has 1 N–H and O–H groups in total. The van der Waals surface area contributed by atoms with E-state index >= 15 is 0 Å². The van der Waals surface area contributed by atoms with Crippen molar-refractivity contribution in [3.63, 3.8) is 0 Å². The summed E-state index contributed by atoms with van der Waals surface area (Å²) in [7, 11) is 0. The lowest BCUT2D eigenvalue weighted by Gasteiger charge is -2.25. The van der Waals surface area contributed by atoms with Crippen LogP contribution in [0.15, 0.2) is 0 Å². The quantitative estimate of drug-likeness (QED) is 0.553. The van der Waals surface area contributed by atoms with Crippen LogP contribution in [0.3, 0.4) is 0 Å². The summed E-state index contributed by atoms with van der Waals surface area (Å²) in [6, 6.07) is 0. The molecule has 0 bridgehead atoms. The Kier molecular flexibility index (Phi) is 6.52. The van der Waals surface area contributed by atoms with Crippen molar-refractivity contribution >= 4 is 0 Å². The third kappa shape index (κ3) is 5.23. The van der Waals surface area contributed by atoms with Crippen molar-refractivity contribution in [2.45, 2.75) is 70.8 Å². The van der Waals surface area contributed by atoms with Gasteiger partial charge in [0.25, 0.3) is 0 Å². The summed E-state index contributed by atoms with van der Waals surface area (Å²) >= 11 is 0. The van der Waals surface area contributed by atoms with Crippen molar-refractivity contribution in [3.05, 3.63) is 0 Å². The fraction of sp³-hybridized carbons (Fsp3) is 0.857. The zero-order chi connectivity index (χ0) is 10.9. The van der Waals surface area contributed by atoms with Gasteiger partial charge in [-0.2, -0.15) is 0 Å². The molecular weight excluding hydrogens is 184 g/mol. The first-order valence-corrected chi connectivity index (χ1v) is 6.48. The van der Waals surface area contributed by atoms with Gasteiger partial charge in [0, 0.05) is 12.8 Å². The molecule has 1 aliphatic rings. The molecule has 86 valence electrons. The Morgan fingerprint density at radius 1 is 1.20 bits per heavy atom. The molecule has 0 aromatic carbocycles. The average Bonchev–Trinajstić information content (AvgIpc) is 2.30. The van der Waals surface area contributed by atoms with E-state index in [1.165, 1.54) is 44.9 Å². The average molecular weight is 208 g/mol. The lowest BCUT2D eigenvalue weighted by molar-refractivity contribution is 0.0892. The van der Waals surface area contributed by atoms with Gasteiger partial charge in [-0.15, -0.1) is 11.8 Å². The molecule has 1 rings (SSSR count). The first-order valence-electron chi connectivity index (χ1n) is 6.48. The predicted octanol–water partition coefficient (Wildman–Crippen LogP) is 3.51. The van der Waals surface area contributed by atoms with Crippen LogP contribution in [-0.4, -0.2) is 11.2 Å². The molecule has 1 atom stereocenters. The summed E-state index contributed by atoms with van der Waals surface area (Å²) in [5.41, 5.74) is 0. The predicted molar refractivity (Wildman–Crippen MR) is 64.5 cm³/mol. The van der Waals surface area contributed by atoms with Crippen LogP contribution >= 0.6 is 0 Å². The molecule has 1 nitrogen and oxygen atoms in total. The van der Waals surface area contributed by atoms with Gasteiger partial charge in [-0.05, 0) is 25.2 Å². The van der Waals surface area contributed by atoms with Crippen LogP contribution in [-0.2, 0) is 0 Å². The van der Waals surface area contributed by atoms with E-state index in [1.54, 1.807) is 0 Å². The molecule has 0 aromatic rings. The van der Waals surface area contributed by atoms with E-state index in [0.29, 0.717) is 12.3 Å². The summed E-state index contributed by atoms with van der Waals surface area (Å²) in [4.78, 5) is 0. The van der Waals surface area contributed by atoms with Gasteiger partial charge in [-0.1, -0.05) is 32.6 Å². The molecule has 15 heavy (non-hydrogen) atoms. The van der Waals surface area contributed by atoms with Crippen LogP contribution in [0.4, 0.5) is 0 Å². The highest BCUT2D eigenvalue weighted by atomic mass is 16.3. The number of unbranched alkanes of at least 4 members (excludes halogenated alkanes) is 2. The lowest BCUT2D eigenvalue weighted by atomic mass is 9.84. The lowest BCUT2D eigenvalue weighted by Crippen LogP contribution is -2.22. The molecule has 1 aliphatic carbocycles. The van der Waals surface area contributed by atoms with Gasteiger partial charge in [0.15, 0.2) is 0 Å². The Balaban J connectivity index is 2.15. The summed E-state index contributed by atoms with van der Waals surface area (Å²) in [6.07, 6.45) is 10.3. The monoisotopic (exact) mass is 208 g/mol. The molecule has 1 fully saturated rings. The molecule has 1 unspecified atom stereocenters. The summed E-state index contributed by atoms with van der Waals surface area (Å²) in [6.45, 7) is 2.18. The van der Waals surface area contributed by atoms with Crippen LogP contribution < -0.4 is 0 Å². The normalized spacial score (nSPS) is 19.3. The highest BCUT2D eigenvalue weighted by Crippen LogP contribution is 2.27. The Morgan fingerprint density at radius 3 is 2.60 bits per heavy atom. The molecule has 0 heterocycles. The van der Waals surface area contributed by atoms with E-state index in [1.807, 2.05) is 0 Å². The standard InChI is InChI=1S/C14H24O/c1-2-3-4-5-9-12-14(15)13-10-7-6-8-11-13/h13-15H,2-4,6-8,10-12H2,1H3. The maximum atomic E-state index is 9.93. The van der Waals surface area contributed by atoms with Gasteiger partial charge in [-0.25, -0.2) is 0 Å². The van der Waals surface area contributed by atoms with Crippen molar-refractivity contribution in [2.24, 2.45) is 5.92 Å². The first kappa shape index (κ1) is 12.6. The van der Waals surface area contributed by atoms with E-state index in [0.717, 1.165) is 6.42 Å². The third-order valence-corrected chi connectivity index (χ3v) is 3.29. The molecule has 0 amide bonds. The Bertz CT molecular complexity index is 205. The van der Waals surface area contributed by atoms with Crippen LogP contribution in [0, 0.1) is 17.8 Å². The zero-order valence-electron chi connectivity index (χ0n) is 9.97. The summed E-state index contributed by atoms with van der Waals surface area (Å²) in [5.74, 6) is 6.79. The van der Waals surface area contributed by atoms with Crippen molar-refractivity contribution in [3.8, 4) is 11.8 Å². The largest absolute Gasteiger partial charge is 0.392 e. The zero-order valence-corrected chi connectivity index (χ0v) is 9.97. The Labute approximate surface area is 94.3 Å². The minimum Gasteiger partial charge on any atom is -0.392 e. The Hall–Kier alpha value is -0.480. The van der Waals surface area contributed by atoms with Gasteiger partial charge < -0.3 is 5.11 Å². The number of rotatable bonds is 4. The van der Waals surface area contributed by atoms with Gasteiger partial charge >= 0.3 is 0 Å². The molecule has 0 radical (unpaired) electrons. The van der Waals surface area contributed by atoms with Crippen LogP contribution in [0.2, 0.25) is 0 Å². The molecule has 1 heteroatoms. The third-order valence-electron chi connectivity index (χ3n) is 3.29. The van der Waals surface area contributed by atoms with Crippen LogP contribution in [0.25, 0.3) is 0 Å². The minimum atomic E-state index is -0.167. The van der Waals surface area contributed by atoms with E-state index in [4.69, 9.17) is 0 Å². The summed E-state index contributed by atoms with van der Waals surface area (Å²) < 4.78 is 0. The SMILES string of the molecule is CCCCC#CCC(O)C1CCCCC1. The van der Waals surface area contributed by atoms with Crippen LogP contribution in [0.1, 0.15) is 64.7 Å². The second kappa shape index (κ2) is 7.77.